The molecule has 2 aromatic rings. The smallest absolute Gasteiger partial charge is 0.542 e. The molecular weight excluding hydrogens is 251 g/mol. The minimum Gasteiger partial charge on any atom is -0.542 e. The van der Waals surface area contributed by atoms with Gasteiger partial charge in [0.15, 0.2) is 5.82 Å². The van der Waals surface area contributed by atoms with E-state index in [1.165, 1.54) is 11.1 Å². The van der Waals surface area contributed by atoms with Crippen LogP contribution in [0.25, 0.3) is 11.0 Å². The predicted molar refractivity (Wildman–Crippen MR) is 68.4 cm³/mol. The Kier molecular flexibility index (Phi) is 5.59. The number of aromatic carboxylic acids is 1. The summed E-state index contributed by atoms with van der Waals surface area (Å²) < 4.78 is 1.57. The van der Waals surface area contributed by atoms with Crippen LogP contribution in [-0.2, 0) is 13.5 Å². The molecule has 0 amide bonds. The molecule has 2 rings (SSSR count). The first-order chi connectivity index (χ1) is 8.54. The molecule has 0 radical (unpaired) electrons. The van der Waals surface area contributed by atoms with Crippen LogP contribution in [0.4, 0.5) is 0 Å². The molecule has 0 aliphatic heterocycles. The number of hydrogen-bond acceptors (Lipinski definition) is 3. The Morgan fingerprint density at radius 3 is 2.68 bits per heavy atom. The van der Waals surface area contributed by atoms with E-state index < -0.39 is 5.97 Å². The molecule has 1 aromatic carbocycles. The van der Waals surface area contributed by atoms with Crippen molar-refractivity contribution in [2.24, 2.45) is 7.05 Å². The number of rotatable bonds is 4. The summed E-state index contributed by atoms with van der Waals surface area (Å²) in [6, 6.07) is 3.99. The Labute approximate surface area is 135 Å². The maximum absolute atomic E-state index is 10.9. The van der Waals surface area contributed by atoms with Crippen LogP contribution in [0.15, 0.2) is 12.1 Å². The van der Waals surface area contributed by atoms with Crippen molar-refractivity contribution in [1.82, 2.24) is 9.55 Å². The van der Waals surface area contributed by atoms with E-state index in [-0.39, 0.29) is 35.4 Å². The molecule has 0 saturated heterocycles. The summed E-state index contributed by atoms with van der Waals surface area (Å²) in [5, 5.41) is 10.9. The van der Waals surface area contributed by atoms with Crippen LogP contribution in [0.3, 0.4) is 0 Å². The average Bonchev–Trinajstić information content (AvgIpc) is 2.64. The zero-order valence-electron chi connectivity index (χ0n) is 12.0. The number of unbranched alkanes of at least 4 members (excludes halogenated alkanes) is 1. The van der Waals surface area contributed by atoms with Gasteiger partial charge < -0.3 is 14.5 Å². The van der Waals surface area contributed by atoms with E-state index in [2.05, 4.69) is 18.8 Å². The van der Waals surface area contributed by atoms with Gasteiger partial charge in [0.25, 0.3) is 0 Å². The van der Waals surface area contributed by atoms with E-state index in [0.717, 1.165) is 30.3 Å². The molecule has 0 aliphatic carbocycles. The van der Waals surface area contributed by atoms with Crippen molar-refractivity contribution in [3.8, 4) is 0 Å². The summed E-state index contributed by atoms with van der Waals surface area (Å²) in [5.74, 6) is -1.25. The van der Waals surface area contributed by atoms with E-state index in [9.17, 15) is 9.90 Å². The first-order valence-corrected chi connectivity index (χ1v) is 6.22. The zero-order valence-corrected chi connectivity index (χ0v) is 14.0. The molecule has 5 heteroatoms. The van der Waals surface area contributed by atoms with Gasteiger partial charge in [0.2, 0.25) is 0 Å². The molecule has 0 fully saturated rings. The maximum Gasteiger partial charge on any atom is 1.00 e. The van der Waals surface area contributed by atoms with Gasteiger partial charge in [-0.05, 0) is 43.0 Å². The number of aromatic nitrogens is 2. The van der Waals surface area contributed by atoms with E-state index in [0.29, 0.717) is 0 Å². The standard InChI is InChI=1S/C14H18N2O2.Na/c1-4-5-6-10-8-11-12(7-9(10)2)16(3)13(15-11)14(17)18;/h7-8H,4-6H2,1-3H3,(H,17,18);/q;+1/p-1. The minimum absolute atomic E-state index is 0. The molecule has 19 heavy (non-hydrogen) atoms. The van der Waals surface area contributed by atoms with Gasteiger partial charge in [-0.25, -0.2) is 4.98 Å². The number of imidazole rings is 1. The fourth-order valence-corrected chi connectivity index (χ4v) is 2.21. The SMILES string of the molecule is CCCCc1cc2nc(C(=O)[O-])n(C)c2cc1C.[Na+]. The van der Waals surface area contributed by atoms with Crippen LogP contribution in [0.5, 0.6) is 0 Å². The fourth-order valence-electron chi connectivity index (χ4n) is 2.21. The van der Waals surface area contributed by atoms with E-state index in [1.54, 1.807) is 11.6 Å². The molecule has 0 saturated carbocycles. The number of carbonyl (C=O) groups excluding carboxylic acids is 1. The third-order valence-corrected chi connectivity index (χ3v) is 3.32. The number of carbonyl (C=O) groups is 1. The van der Waals surface area contributed by atoms with Crippen molar-refractivity contribution in [1.29, 1.82) is 0 Å². The monoisotopic (exact) mass is 268 g/mol. The van der Waals surface area contributed by atoms with Crippen LogP contribution in [-0.4, -0.2) is 15.5 Å². The molecule has 1 heterocycles. The Hall–Kier alpha value is -0.840. The van der Waals surface area contributed by atoms with Crippen LogP contribution in [0.2, 0.25) is 0 Å². The molecule has 0 aliphatic rings. The van der Waals surface area contributed by atoms with Gasteiger partial charge in [-0.1, -0.05) is 13.3 Å². The molecule has 0 N–H and O–H groups in total. The van der Waals surface area contributed by atoms with Gasteiger partial charge in [-0.15, -0.1) is 0 Å². The van der Waals surface area contributed by atoms with Crippen LogP contribution < -0.4 is 34.7 Å². The topological polar surface area (TPSA) is 57.9 Å². The second-order valence-corrected chi connectivity index (χ2v) is 4.65. The van der Waals surface area contributed by atoms with Crippen LogP contribution >= 0.6 is 0 Å². The molecule has 0 unspecified atom stereocenters. The summed E-state index contributed by atoms with van der Waals surface area (Å²) in [5.41, 5.74) is 4.00. The van der Waals surface area contributed by atoms with E-state index in [4.69, 9.17) is 0 Å². The molecule has 0 bridgehead atoms. The van der Waals surface area contributed by atoms with Crippen LogP contribution in [0.1, 0.15) is 41.5 Å². The minimum atomic E-state index is -1.23. The first kappa shape index (κ1) is 16.2. The predicted octanol–water partition coefficient (Wildman–Crippen LogP) is -1.41. The number of fused-ring (bicyclic) bond motifs is 1. The van der Waals surface area contributed by atoms with Gasteiger partial charge in [-0.3, -0.25) is 0 Å². The van der Waals surface area contributed by atoms with Gasteiger partial charge in [0.05, 0.1) is 11.0 Å². The van der Waals surface area contributed by atoms with Gasteiger partial charge in [-0.2, -0.15) is 0 Å². The van der Waals surface area contributed by atoms with Gasteiger partial charge in [0, 0.05) is 7.05 Å². The Bertz CT molecular complexity index is 605. The van der Waals surface area contributed by atoms with Crippen molar-refractivity contribution < 1.29 is 39.5 Å². The third kappa shape index (κ3) is 3.19. The zero-order chi connectivity index (χ0) is 13.3. The van der Waals surface area contributed by atoms with E-state index in [1.807, 2.05) is 12.1 Å². The fraction of sp³-hybridized carbons (Fsp3) is 0.429. The van der Waals surface area contributed by atoms with Crippen molar-refractivity contribution in [3.05, 3.63) is 29.1 Å². The number of carboxylic acid groups (broad SMARTS) is 1. The molecule has 0 atom stereocenters. The average molecular weight is 268 g/mol. The number of benzene rings is 1. The quantitative estimate of drug-likeness (QED) is 0.640. The normalized spacial score (nSPS) is 10.5. The molecular formula is C14H17N2NaO2. The Balaban J connectivity index is 0.00000180. The second kappa shape index (κ2) is 6.55. The number of aryl methyl sites for hydroxylation is 3. The molecule has 4 nitrogen and oxygen atoms in total. The first-order valence-electron chi connectivity index (χ1n) is 6.22. The van der Waals surface area contributed by atoms with Crippen molar-refractivity contribution in [3.63, 3.8) is 0 Å². The van der Waals surface area contributed by atoms with Gasteiger partial charge >= 0.3 is 29.6 Å². The molecule has 96 valence electrons. The molecule has 1 aromatic heterocycles. The summed E-state index contributed by atoms with van der Waals surface area (Å²) in [6.45, 7) is 4.21. The van der Waals surface area contributed by atoms with Gasteiger partial charge in [0.1, 0.15) is 5.97 Å². The third-order valence-electron chi connectivity index (χ3n) is 3.32. The van der Waals surface area contributed by atoms with E-state index >= 15 is 0 Å². The summed E-state index contributed by atoms with van der Waals surface area (Å²) in [4.78, 5) is 15.1. The Morgan fingerprint density at radius 1 is 1.42 bits per heavy atom. The maximum atomic E-state index is 10.9. The van der Waals surface area contributed by atoms with Crippen molar-refractivity contribution in [2.45, 2.75) is 33.1 Å². The second-order valence-electron chi connectivity index (χ2n) is 4.65. The van der Waals surface area contributed by atoms with Crippen molar-refractivity contribution in [2.75, 3.05) is 0 Å². The van der Waals surface area contributed by atoms with Crippen molar-refractivity contribution >= 4 is 17.0 Å². The molecule has 0 spiro atoms. The number of nitrogens with zero attached hydrogens (tertiary/aromatic N) is 2. The summed E-state index contributed by atoms with van der Waals surface area (Å²) in [7, 11) is 1.70. The largest absolute Gasteiger partial charge is 1.00 e. The summed E-state index contributed by atoms with van der Waals surface area (Å²) in [6.07, 6.45) is 3.28. The van der Waals surface area contributed by atoms with Crippen LogP contribution in [0, 0.1) is 6.92 Å². The number of carboxylic acids is 1. The summed E-state index contributed by atoms with van der Waals surface area (Å²) >= 11 is 0. The number of hydrogen-bond donors (Lipinski definition) is 0. The Morgan fingerprint density at radius 2 is 2.11 bits per heavy atom.